The summed E-state index contributed by atoms with van der Waals surface area (Å²) < 4.78 is 1.08. The van der Waals surface area contributed by atoms with E-state index >= 15 is 0 Å². The highest BCUT2D eigenvalue weighted by Gasteiger charge is 2.45. The average Bonchev–Trinajstić information content (AvgIpc) is 2.67. The Bertz CT molecular complexity index is 1010. The van der Waals surface area contributed by atoms with Crippen molar-refractivity contribution in [2.24, 2.45) is 0 Å². The average molecular weight is 373 g/mol. The van der Waals surface area contributed by atoms with Gasteiger partial charge in [0.25, 0.3) is 11.5 Å². The van der Waals surface area contributed by atoms with E-state index in [9.17, 15) is 24.3 Å². The van der Waals surface area contributed by atoms with Crippen LogP contribution in [0.15, 0.2) is 27.8 Å². The molecule has 1 saturated carbocycles. The van der Waals surface area contributed by atoms with Gasteiger partial charge in [0.1, 0.15) is 5.54 Å². The molecule has 0 saturated heterocycles. The van der Waals surface area contributed by atoms with Gasteiger partial charge in [-0.05, 0) is 38.0 Å². The summed E-state index contributed by atoms with van der Waals surface area (Å²) in [5, 5.41) is 10.1. The number of carboxylic acid groups (broad SMARTS) is 1. The number of aromatic amines is 1. The first-order valence-electron chi connectivity index (χ1n) is 9.10. The van der Waals surface area contributed by atoms with Crippen molar-refractivity contribution in [3.8, 4) is 0 Å². The zero-order chi connectivity index (χ0) is 19.8. The fourth-order valence-corrected chi connectivity index (χ4v) is 3.89. The molecule has 1 aromatic carbocycles. The van der Waals surface area contributed by atoms with E-state index < -0.39 is 28.7 Å². The van der Waals surface area contributed by atoms with Crippen LogP contribution in [-0.2, 0) is 11.3 Å². The molecule has 8 heteroatoms. The molecule has 1 heterocycles. The Balaban J connectivity index is 2.04. The highest BCUT2D eigenvalue weighted by Crippen LogP contribution is 2.34. The molecule has 2 aromatic rings. The number of hydrogen-bond acceptors (Lipinski definition) is 4. The van der Waals surface area contributed by atoms with Crippen molar-refractivity contribution in [2.75, 3.05) is 7.05 Å². The molecular formula is C19H23N3O5. The summed E-state index contributed by atoms with van der Waals surface area (Å²) in [7, 11) is 1.50. The zero-order valence-corrected chi connectivity index (χ0v) is 15.4. The van der Waals surface area contributed by atoms with E-state index in [1.165, 1.54) is 30.1 Å². The minimum absolute atomic E-state index is 0.237. The maximum absolute atomic E-state index is 13.0. The van der Waals surface area contributed by atoms with Crippen LogP contribution in [0.3, 0.4) is 0 Å². The molecule has 1 fully saturated rings. The number of nitrogens with one attached hydrogen (secondary N) is 1. The third-order valence-electron chi connectivity index (χ3n) is 5.57. The summed E-state index contributed by atoms with van der Waals surface area (Å²) in [5.41, 5.74) is -1.67. The number of fused-ring (bicyclic) bond motifs is 1. The van der Waals surface area contributed by atoms with Gasteiger partial charge in [0.15, 0.2) is 0 Å². The molecule has 0 spiro atoms. The van der Waals surface area contributed by atoms with Gasteiger partial charge in [-0.15, -0.1) is 0 Å². The van der Waals surface area contributed by atoms with Crippen molar-refractivity contribution < 1.29 is 14.7 Å². The summed E-state index contributed by atoms with van der Waals surface area (Å²) in [6.07, 6.45) is 3.29. The van der Waals surface area contributed by atoms with Crippen molar-refractivity contribution in [1.82, 2.24) is 14.5 Å². The van der Waals surface area contributed by atoms with Crippen LogP contribution in [0, 0.1) is 0 Å². The number of carboxylic acids is 1. The van der Waals surface area contributed by atoms with E-state index in [2.05, 4.69) is 4.98 Å². The molecule has 1 aromatic heterocycles. The van der Waals surface area contributed by atoms with Gasteiger partial charge < -0.3 is 15.0 Å². The molecule has 0 bridgehead atoms. The van der Waals surface area contributed by atoms with Crippen molar-refractivity contribution in [1.29, 1.82) is 0 Å². The van der Waals surface area contributed by atoms with Gasteiger partial charge in [0, 0.05) is 19.2 Å². The van der Waals surface area contributed by atoms with Gasteiger partial charge >= 0.3 is 11.7 Å². The van der Waals surface area contributed by atoms with Crippen LogP contribution in [0.4, 0.5) is 0 Å². The van der Waals surface area contributed by atoms with Gasteiger partial charge in [-0.3, -0.25) is 14.2 Å². The van der Waals surface area contributed by atoms with Crippen molar-refractivity contribution in [3.63, 3.8) is 0 Å². The Hall–Kier alpha value is -2.90. The van der Waals surface area contributed by atoms with Crippen LogP contribution >= 0.6 is 0 Å². The molecule has 8 nitrogen and oxygen atoms in total. The van der Waals surface area contributed by atoms with Crippen LogP contribution in [0.2, 0.25) is 0 Å². The number of aliphatic carboxylic acids is 1. The summed E-state index contributed by atoms with van der Waals surface area (Å²) in [6, 6.07) is 4.43. The van der Waals surface area contributed by atoms with Crippen LogP contribution < -0.4 is 11.2 Å². The third kappa shape index (κ3) is 3.05. The maximum Gasteiger partial charge on any atom is 0.329 e. The van der Waals surface area contributed by atoms with E-state index in [4.69, 9.17) is 0 Å². The number of carbonyl (C=O) groups is 2. The molecule has 0 aliphatic heterocycles. The second-order valence-electron chi connectivity index (χ2n) is 7.00. The molecular weight excluding hydrogens is 350 g/mol. The molecule has 1 aliphatic carbocycles. The molecule has 0 unspecified atom stereocenters. The summed E-state index contributed by atoms with van der Waals surface area (Å²) in [6.45, 7) is 1.94. The topological polar surface area (TPSA) is 112 Å². The van der Waals surface area contributed by atoms with Crippen LogP contribution in [-0.4, -0.2) is 44.0 Å². The van der Waals surface area contributed by atoms with Gasteiger partial charge in [0.05, 0.1) is 10.9 Å². The highest BCUT2D eigenvalue weighted by atomic mass is 16.4. The Morgan fingerprint density at radius 1 is 1.22 bits per heavy atom. The SMILES string of the molecule is CCn1c(=O)[nH]c2cc(C(=O)N(C)C3(C(=O)O)CCCCC3)ccc2c1=O. The van der Waals surface area contributed by atoms with E-state index in [1.54, 1.807) is 6.92 Å². The van der Waals surface area contributed by atoms with E-state index in [1.807, 2.05) is 0 Å². The van der Waals surface area contributed by atoms with Crippen molar-refractivity contribution in [2.45, 2.75) is 51.1 Å². The first-order valence-corrected chi connectivity index (χ1v) is 9.10. The van der Waals surface area contributed by atoms with Gasteiger partial charge in [-0.25, -0.2) is 9.59 Å². The maximum atomic E-state index is 13.0. The smallest absolute Gasteiger partial charge is 0.329 e. The first kappa shape index (κ1) is 18.9. The lowest BCUT2D eigenvalue weighted by molar-refractivity contribution is -0.151. The fourth-order valence-electron chi connectivity index (χ4n) is 3.89. The van der Waals surface area contributed by atoms with Crippen LogP contribution in [0.5, 0.6) is 0 Å². The molecule has 3 rings (SSSR count). The number of hydrogen-bond donors (Lipinski definition) is 2. The lowest BCUT2D eigenvalue weighted by Gasteiger charge is -2.41. The number of benzene rings is 1. The van der Waals surface area contributed by atoms with Crippen LogP contribution in [0.1, 0.15) is 49.4 Å². The van der Waals surface area contributed by atoms with E-state index in [0.29, 0.717) is 18.2 Å². The second-order valence-corrected chi connectivity index (χ2v) is 7.00. The molecule has 2 N–H and O–H groups in total. The predicted octanol–water partition coefficient (Wildman–Crippen LogP) is 1.57. The van der Waals surface area contributed by atoms with Crippen LogP contribution in [0.25, 0.3) is 10.9 Å². The predicted molar refractivity (Wildman–Crippen MR) is 100 cm³/mol. The standard InChI is InChI=1S/C19H23N3O5/c1-3-22-16(24)13-8-7-12(11-14(13)20-18(22)27)15(23)21(2)19(17(25)26)9-5-4-6-10-19/h7-8,11H,3-6,9-10H2,1-2H3,(H,20,27)(H,25,26). The van der Waals surface area contributed by atoms with Gasteiger partial charge in [0.2, 0.25) is 0 Å². The third-order valence-corrected chi connectivity index (χ3v) is 5.57. The number of likely N-dealkylation sites (N-methyl/N-ethyl adjacent to an activating group) is 1. The number of nitrogens with zero attached hydrogens (tertiary/aromatic N) is 2. The molecule has 144 valence electrons. The van der Waals surface area contributed by atoms with E-state index in [-0.39, 0.29) is 17.6 Å². The molecule has 0 radical (unpaired) electrons. The fraction of sp³-hybridized carbons (Fsp3) is 0.474. The summed E-state index contributed by atoms with van der Waals surface area (Å²) in [5.74, 6) is -1.44. The van der Waals surface area contributed by atoms with Gasteiger partial charge in [-0.1, -0.05) is 19.3 Å². The number of amides is 1. The first-order chi connectivity index (χ1) is 12.8. The molecule has 1 amide bonds. The Labute approximate surface area is 155 Å². The van der Waals surface area contributed by atoms with Gasteiger partial charge in [-0.2, -0.15) is 0 Å². The molecule has 0 atom stereocenters. The lowest BCUT2D eigenvalue weighted by Crippen LogP contribution is -2.56. The minimum Gasteiger partial charge on any atom is -0.479 e. The Kier molecular flexibility index (Phi) is 4.91. The largest absolute Gasteiger partial charge is 0.479 e. The lowest BCUT2D eigenvalue weighted by atomic mass is 9.80. The summed E-state index contributed by atoms with van der Waals surface area (Å²) >= 11 is 0. The Morgan fingerprint density at radius 3 is 2.48 bits per heavy atom. The number of carbonyl (C=O) groups excluding carboxylic acids is 1. The quantitative estimate of drug-likeness (QED) is 0.845. The number of rotatable bonds is 4. The van der Waals surface area contributed by atoms with Crippen molar-refractivity contribution in [3.05, 3.63) is 44.6 Å². The molecule has 1 aliphatic rings. The zero-order valence-electron chi connectivity index (χ0n) is 15.4. The second kappa shape index (κ2) is 7.02. The number of aromatic nitrogens is 2. The highest BCUT2D eigenvalue weighted by molar-refractivity contribution is 6.00. The monoisotopic (exact) mass is 373 g/mol. The minimum atomic E-state index is -1.22. The molecule has 27 heavy (non-hydrogen) atoms. The van der Waals surface area contributed by atoms with Crippen molar-refractivity contribution >= 4 is 22.8 Å². The summed E-state index contributed by atoms with van der Waals surface area (Å²) in [4.78, 5) is 53.2. The van der Waals surface area contributed by atoms with E-state index in [0.717, 1.165) is 23.8 Å². The normalized spacial score (nSPS) is 16.2. The number of H-pyrrole nitrogens is 1. The Morgan fingerprint density at radius 2 is 1.89 bits per heavy atom.